The first-order valence-electron chi connectivity index (χ1n) is 9.38. The van der Waals surface area contributed by atoms with Crippen LogP contribution < -0.4 is 5.32 Å². The Labute approximate surface area is 182 Å². The van der Waals surface area contributed by atoms with Crippen molar-refractivity contribution in [3.63, 3.8) is 0 Å². The van der Waals surface area contributed by atoms with Gasteiger partial charge >= 0.3 is 0 Å². The van der Waals surface area contributed by atoms with E-state index in [-0.39, 0.29) is 34.8 Å². The average Bonchev–Trinajstić information content (AvgIpc) is 3.14. The van der Waals surface area contributed by atoms with Crippen molar-refractivity contribution in [3.05, 3.63) is 52.8 Å². The van der Waals surface area contributed by atoms with Gasteiger partial charge in [-0.2, -0.15) is 4.31 Å². The van der Waals surface area contributed by atoms with Gasteiger partial charge in [-0.25, -0.2) is 17.8 Å². The highest BCUT2D eigenvalue weighted by atomic mass is 35.5. The average molecular weight is 468 g/mol. The summed E-state index contributed by atoms with van der Waals surface area (Å²) in [6.45, 7) is 2.38. The smallest absolute Gasteiger partial charge is 0.243 e. The number of fused-ring (bicyclic) bond motifs is 1. The van der Waals surface area contributed by atoms with E-state index in [0.29, 0.717) is 18.0 Å². The molecule has 1 aromatic heterocycles. The molecule has 4 rings (SSSR count). The highest BCUT2D eigenvalue weighted by Gasteiger charge is 2.32. The van der Waals surface area contributed by atoms with Crippen LogP contribution in [0.2, 0.25) is 5.02 Å². The van der Waals surface area contributed by atoms with Crippen LogP contribution in [0, 0.1) is 18.7 Å². The number of nitrogens with one attached hydrogen (secondary N) is 1. The van der Waals surface area contributed by atoms with Crippen molar-refractivity contribution in [1.82, 2.24) is 9.29 Å². The molecule has 0 unspecified atom stereocenters. The number of sulfonamides is 1. The first-order valence-corrected chi connectivity index (χ1v) is 12.0. The third-order valence-corrected chi connectivity index (χ3v) is 8.32. The summed E-state index contributed by atoms with van der Waals surface area (Å²) in [5, 5.41) is 3.17. The third-order valence-electron chi connectivity index (χ3n) is 5.20. The number of hydrogen-bond donors (Lipinski definition) is 1. The first-order chi connectivity index (χ1) is 14.3. The molecule has 1 aliphatic rings. The zero-order chi connectivity index (χ0) is 21.5. The Morgan fingerprint density at radius 2 is 2.00 bits per heavy atom. The van der Waals surface area contributed by atoms with Gasteiger partial charge in [0.15, 0.2) is 5.13 Å². The lowest BCUT2D eigenvalue weighted by molar-refractivity contribution is -0.120. The summed E-state index contributed by atoms with van der Waals surface area (Å²) in [5.41, 5.74) is 1.92. The summed E-state index contributed by atoms with van der Waals surface area (Å²) in [6, 6.07) is 9.23. The number of carbonyl (C=O) groups is 1. The number of anilines is 1. The van der Waals surface area contributed by atoms with Crippen molar-refractivity contribution in [2.75, 3.05) is 18.4 Å². The number of benzene rings is 2. The molecule has 10 heteroatoms. The number of halogens is 2. The Morgan fingerprint density at radius 3 is 2.67 bits per heavy atom. The Bertz CT molecular complexity index is 1220. The molecule has 1 aliphatic heterocycles. The Morgan fingerprint density at radius 1 is 1.27 bits per heavy atom. The van der Waals surface area contributed by atoms with Crippen molar-refractivity contribution in [2.24, 2.45) is 5.92 Å². The van der Waals surface area contributed by atoms with E-state index < -0.39 is 15.8 Å². The van der Waals surface area contributed by atoms with Crippen LogP contribution in [0.4, 0.5) is 9.52 Å². The van der Waals surface area contributed by atoms with Gasteiger partial charge in [-0.1, -0.05) is 35.1 Å². The van der Waals surface area contributed by atoms with Crippen LogP contribution in [-0.4, -0.2) is 36.7 Å². The minimum atomic E-state index is -3.79. The molecule has 0 aliphatic carbocycles. The van der Waals surface area contributed by atoms with E-state index in [4.69, 9.17) is 11.6 Å². The zero-order valence-corrected chi connectivity index (χ0v) is 18.5. The summed E-state index contributed by atoms with van der Waals surface area (Å²) in [7, 11) is -3.79. The predicted molar refractivity (Wildman–Crippen MR) is 116 cm³/mol. The summed E-state index contributed by atoms with van der Waals surface area (Å²) < 4.78 is 41.2. The second kappa shape index (κ2) is 8.22. The molecule has 0 radical (unpaired) electrons. The van der Waals surface area contributed by atoms with Crippen molar-refractivity contribution in [3.8, 4) is 0 Å². The number of amides is 1. The zero-order valence-electron chi connectivity index (χ0n) is 16.1. The van der Waals surface area contributed by atoms with Gasteiger partial charge in [0.25, 0.3) is 0 Å². The third kappa shape index (κ3) is 4.07. The van der Waals surface area contributed by atoms with Crippen molar-refractivity contribution < 1.29 is 17.6 Å². The van der Waals surface area contributed by atoms with E-state index in [0.717, 1.165) is 27.9 Å². The van der Waals surface area contributed by atoms with E-state index in [2.05, 4.69) is 10.3 Å². The van der Waals surface area contributed by atoms with E-state index in [1.165, 1.54) is 21.7 Å². The lowest BCUT2D eigenvalue weighted by Gasteiger charge is -2.30. The van der Waals surface area contributed by atoms with E-state index in [1.807, 2.05) is 25.1 Å². The second-order valence-electron chi connectivity index (χ2n) is 7.18. The molecule has 6 nitrogen and oxygen atoms in total. The highest BCUT2D eigenvalue weighted by Crippen LogP contribution is 2.30. The number of aryl methyl sites for hydroxylation is 1. The van der Waals surface area contributed by atoms with E-state index in [1.54, 1.807) is 0 Å². The van der Waals surface area contributed by atoms with Crippen molar-refractivity contribution in [2.45, 2.75) is 24.7 Å². The number of aromatic nitrogens is 1. The molecular formula is C20H19ClFN3O3S2. The molecule has 0 atom stereocenters. The number of para-hydroxylation sites is 1. The summed E-state index contributed by atoms with van der Waals surface area (Å²) in [6.07, 6.45) is 0.786. The molecule has 2 aromatic carbocycles. The molecular weight excluding hydrogens is 449 g/mol. The number of nitrogens with zero attached hydrogens (tertiary/aromatic N) is 2. The molecule has 3 aromatic rings. The maximum Gasteiger partial charge on any atom is 0.243 e. The maximum absolute atomic E-state index is 13.3. The molecule has 0 bridgehead atoms. The van der Waals surface area contributed by atoms with Crippen molar-refractivity contribution in [1.29, 1.82) is 0 Å². The van der Waals surface area contributed by atoms with Gasteiger partial charge in [-0.15, -0.1) is 0 Å². The molecule has 2 heterocycles. The highest BCUT2D eigenvalue weighted by molar-refractivity contribution is 7.89. The fourth-order valence-corrected chi connectivity index (χ4v) is 6.18. The Hall–Kier alpha value is -2.07. The standard InChI is InChI=1S/C20H19ClFN3O3S2/c1-12-3-2-4-17-18(12)23-20(29-17)24-19(26)13-7-9-25(10-8-13)30(27,28)14-5-6-16(22)15(21)11-14/h2-6,11,13H,7-10H2,1H3,(H,23,24,26). The van der Waals surface area contributed by atoms with Gasteiger partial charge in [0.05, 0.1) is 20.1 Å². The molecule has 1 amide bonds. The van der Waals surface area contributed by atoms with Crippen LogP contribution in [0.3, 0.4) is 0 Å². The fraction of sp³-hybridized carbons (Fsp3) is 0.300. The number of carbonyl (C=O) groups excluding carboxylic acids is 1. The molecule has 0 spiro atoms. The molecule has 30 heavy (non-hydrogen) atoms. The predicted octanol–water partition coefficient (Wildman–Crippen LogP) is 4.44. The number of rotatable bonds is 4. The monoisotopic (exact) mass is 467 g/mol. The van der Waals surface area contributed by atoms with E-state index >= 15 is 0 Å². The van der Waals surface area contributed by atoms with Crippen LogP contribution in [0.1, 0.15) is 18.4 Å². The van der Waals surface area contributed by atoms with Crippen molar-refractivity contribution >= 4 is 54.2 Å². The maximum atomic E-state index is 13.3. The van der Waals surface area contributed by atoms with Gasteiger partial charge in [0, 0.05) is 19.0 Å². The number of thiazole rings is 1. The molecule has 158 valence electrons. The second-order valence-corrected chi connectivity index (χ2v) is 10.6. The topological polar surface area (TPSA) is 79.4 Å². The fourth-order valence-electron chi connectivity index (χ4n) is 3.49. The molecule has 1 N–H and O–H groups in total. The Balaban J connectivity index is 1.41. The van der Waals surface area contributed by atoms with Crippen LogP contribution in [0.5, 0.6) is 0 Å². The quantitative estimate of drug-likeness (QED) is 0.615. The number of hydrogen-bond acceptors (Lipinski definition) is 5. The minimum Gasteiger partial charge on any atom is -0.302 e. The van der Waals surface area contributed by atoms with Gasteiger partial charge in [-0.3, -0.25) is 4.79 Å². The molecule has 0 saturated carbocycles. The van der Waals surface area contributed by atoms with Crippen LogP contribution in [0.25, 0.3) is 10.2 Å². The normalized spacial score (nSPS) is 16.1. The summed E-state index contributed by atoms with van der Waals surface area (Å²) in [4.78, 5) is 17.1. The SMILES string of the molecule is Cc1cccc2sc(NC(=O)C3CCN(S(=O)(=O)c4ccc(F)c(Cl)c4)CC3)nc12. The van der Waals surface area contributed by atoms with Gasteiger partial charge in [0.2, 0.25) is 15.9 Å². The minimum absolute atomic E-state index is 0.0540. The van der Waals surface area contributed by atoms with Gasteiger partial charge < -0.3 is 5.32 Å². The summed E-state index contributed by atoms with van der Waals surface area (Å²) >= 11 is 7.14. The largest absolute Gasteiger partial charge is 0.302 e. The van der Waals surface area contributed by atoms with E-state index in [9.17, 15) is 17.6 Å². The lowest BCUT2D eigenvalue weighted by Crippen LogP contribution is -2.41. The lowest BCUT2D eigenvalue weighted by atomic mass is 9.97. The van der Waals surface area contributed by atoms with Gasteiger partial charge in [-0.05, 0) is 49.6 Å². The molecule has 1 saturated heterocycles. The van der Waals surface area contributed by atoms with Crippen LogP contribution in [0.15, 0.2) is 41.3 Å². The first kappa shape index (κ1) is 21.2. The van der Waals surface area contributed by atoms with Crippen LogP contribution in [-0.2, 0) is 14.8 Å². The van der Waals surface area contributed by atoms with Crippen LogP contribution >= 0.6 is 22.9 Å². The summed E-state index contributed by atoms with van der Waals surface area (Å²) in [5.74, 6) is -1.13. The molecule has 1 fully saturated rings. The Kier molecular flexibility index (Phi) is 5.80. The van der Waals surface area contributed by atoms with Gasteiger partial charge in [0.1, 0.15) is 5.82 Å². The number of piperidine rings is 1.